The van der Waals surface area contributed by atoms with E-state index < -0.39 is 0 Å². The van der Waals surface area contributed by atoms with Crippen LogP contribution in [0.2, 0.25) is 0 Å². The van der Waals surface area contributed by atoms with E-state index >= 15 is 0 Å². The van der Waals surface area contributed by atoms with Crippen LogP contribution in [0.5, 0.6) is 0 Å². The summed E-state index contributed by atoms with van der Waals surface area (Å²) in [6, 6.07) is 7.81. The summed E-state index contributed by atoms with van der Waals surface area (Å²) in [4.78, 5) is 11.4. The summed E-state index contributed by atoms with van der Waals surface area (Å²) >= 11 is 3.38. The standard InChI is InChI=1S/C13H18BrNO2/c1-3-4-9-17-13(16)15-10(2)11-5-7-12(14)8-6-11/h5-8,10H,3-4,9H2,1-2H3,(H,15,16)/t10-/m0/s1. The Labute approximate surface area is 111 Å². The van der Waals surface area contributed by atoms with E-state index in [0.29, 0.717) is 6.61 Å². The third-order valence-electron chi connectivity index (χ3n) is 2.44. The molecule has 0 radical (unpaired) electrons. The zero-order valence-corrected chi connectivity index (χ0v) is 11.8. The largest absolute Gasteiger partial charge is 0.450 e. The van der Waals surface area contributed by atoms with Crippen LogP contribution in [0.3, 0.4) is 0 Å². The van der Waals surface area contributed by atoms with Crippen molar-refractivity contribution in [1.82, 2.24) is 5.32 Å². The lowest BCUT2D eigenvalue weighted by atomic mass is 10.1. The van der Waals surface area contributed by atoms with Gasteiger partial charge in [0.05, 0.1) is 12.6 Å². The third-order valence-corrected chi connectivity index (χ3v) is 2.96. The molecule has 0 spiro atoms. The van der Waals surface area contributed by atoms with Crippen molar-refractivity contribution >= 4 is 22.0 Å². The average molecular weight is 300 g/mol. The number of carbonyl (C=O) groups excluding carboxylic acids is 1. The van der Waals surface area contributed by atoms with Crippen molar-refractivity contribution < 1.29 is 9.53 Å². The van der Waals surface area contributed by atoms with Crippen molar-refractivity contribution in [2.75, 3.05) is 6.61 Å². The van der Waals surface area contributed by atoms with E-state index in [9.17, 15) is 4.79 Å². The molecule has 0 bridgehead atoms. The maximum absolute atomic E-state index is 11.4. The van der Waals surface area contributed by atoms with E-state index in [-0.39, 0.29) is 12.1 Å². The smallest absolute Gasteiger partial charge is 0.407 e. The molecular formula is C13H18BrNO2. The van der Waals surface area contributed by atoms with E-state index in [0.717, 1.165) is 22.9 Å². The Morgan fingerprint density at radius 3 is 2.65 bits per heavy atom. The van der Waals surface area contributed by atoms with E-state index in [1.54, 1.807) is 0 Å². The van der Waals surface area contributed by atoms with Crippen molar-refractivity contribution in [2.45, 2.75) is 32.7 Å². The molecule has 4 heteroatoms. The number of amides is 1. The van der Waals surface area contributed by atoms with Gasteiger partial charge in [-0.15, -0.1) is 0 Å². The maximum atomic E-state index is 11.4. The van der Waals surface area contributed by atoms with Crippen LogP contribution in [-0.4, -0.2) is 12.7 Å². The normalized spacial score (nSPS) is 11.9. The summed E-state index contributed by atoms with van der Waals surface area (Å²) in [5.41, 5.74) is 1.06. The van der Waals surface area contributed by atoms with Crippen LogP contribution in [0, 0.1) is 0 Å². The minimum Gasteiger partial charge on any atom is -0.450 e. The molecule has 1 amide bonds. The van der Waals surface area contributed by atoms with Crippen LogP contribution < -0.4 is 5.32 Å². The third kappa shape index (κ3) is 5.22. The lowest BCUT2D eigenvalue weighted by molar-refractivity contribution is 0.141. The van der Waals surface area contributed by atoms with Gasteiger partial charge >= 0.3 is 6.09 Å². The molecule has 17 heavy (non-hydrogen) atoms. The lowest BCUT2D eigenvalue weighted by Crippen LogP contribution is -2.27. The first-order valence-corrected chi connectivity index (χ1v) is 6.61. The van der Waals surface area contributed by atoms with Gasteiger partial charge in [0.2, 0.25) is 0 Å². The first-order chi connectivity index (χ1) is 8.13. The molecule has 0 fully saturated rings. The molecule has 0 aliphatic carbocycles. The zero-order chi connectivity index (χ0) is 12.7. The zero-order valence-electron chi connectivity index (χ0n) is 10.2. The second-order valence-electron chi connectivity index (χ2n) is 3.91. The van der Waals surface area contributed by atoms with E-state index in [2.05, 4.69) is 28.2 Å². The van der Waals surface area contributed by atoms with Crippen molar-refractivity contribution in [3.05, 3.63) is 34.3 Å². The van der Waals surface area contributed by atoms with Gasteiger partial charge in [0.25, 0.3) is 0 Å². The van der Waals surface area contributed by atoms with Crippen LogP contribution in [0.15, 0.2) is 28.7 Å². The summed E-state index contributed by atoms with van der Waals surface area (Å²) in [5.74, 6) is 0. The molecule has 0 aromatic heterocycles. The molecule has 1 aromatic carbocycles. The minimum atomic E-state index is -0.353. The lowest BCUT2D eigenvalue weighted by Gasteiger charge is -2.14. The number of rotatable bonds is 5. The molecule has 3 nitrogen and oxygen atoms in total. The first-order valence-electron chi connectivity index (χ1n) is 5.82. The molecule has 0 saturated carbocycles. The number of ether oxygens (including phenoxy) is 1. The second kappa shape index (κ2) is 7.33. The summed E-state index contributed by atoms with van der Waals surface area (Å²) in [6.07, 6.45) is 1.57. The van der Waals surface area contributed by atoms with Gasteiger partial charge in [-0.2, -0.15) is 0 Å². The summed E-state index contributed by atoms with van der Waals surface area (Å²) < 4.78 is 6.07. The number of unbranched alkanes of at least 4 members (excludes halogenated alkanes) is 1. The number of hydrogen-bond donors (Lipinski definition) is 1. The predicted molar refractivity (Wildman–Crippen MR) is 71.9 cm³/mol. The molecule has 1 rings (SSSR count). The first kappa shape index (κ1) is 14.0. The average Bonchev–Trinajstić information content (AvgIpc) is 2.30. The van der Waals surface area contributed by atoms with Gasteiger partial charge in [-0.05, 0) is 31.0 Å². The van der Waals surface area contributed by atoms with Gasteiger partial charge in [0.1, 0.15) is 0 Å². The molecular weight excluding hydrogens is 282 g/mol. The van der Waals surface area contributed by atoms with Crippen molar-refractivity contribution in [2.24, 2.45) is 0 Å². The number of carbonyl (C=O) groups is 1. The Morgan fingerprint density at radius 2 is 2.06 bits per heavy atom. The van der Waals surface area contributed by atoms with Crippen molar-refractivity contribution in [3.8, 4) is 0 Å². The van der Waals surface area contributed by atoms with Gasteiger partial charge in [-0.3, -0.25) is 0 Å². The number of benzene rings is 1. The predicted octanol–water partition coefficient (Wildman–Crippen LogP) is 4.04. The summed E-state index contributed by atoms with van der Waals surface area (Å²) in [6.45, 7) is 4.48. The quantitative estimate of drug-likeness (QED) is 0.834. The molecule has 0 aliphatic heterocycles. The second-order valence-corrected chi connectivity index (χ2v) is 4.82. The number of halogens is 1. The maximum Gasteiger partial charge on any atom is 0.407 e. The Kier molecular flexibility index (Phi) is 6.05. The van der Waals surface area contributed by atoms with Crippen LogP contribution >= 0.6 is 15.9 Å². The van der Waals surface area contributed by atoms with Crippen molar-refractivity contribution in [3.63, 3.8) is 0 Å². The summed E-state index contributed by atoms with van der Waals surface area (Å²) in [5, 5.41) is 2.80. The molecule has 0 aliphatic rings. The highest BCUT2D eigenvalue weighted by atomic mass is 79.9. The van der Waals surface area contributed by atoms with Gasteiger partial charge in [0, 0.05) is 4.47 Å². The Bertz CT molecular complexity index is 351. The fourth-order valence-corrected chi connectivity index (χ4v) is 1.63. The monoisotopic (exact) mass is 299 g/mol. The van der Waals surface area contributed by atoms with E-state index in [1.807, 2.05) is 31.2 Å². The SMILES string of the molecule is CCCCOC(=O)N[C@@H](C)c1ccc(Br)cc1. The fraction of sp³-hybridized carbons (Fsp3) is 0.462. The van der Waals surface area contributed by atoms with Gasteiger partial charge in [-0.25, -0.2) is 4.79 Å². The number of alkyl carbamates (subject to hydrolysis) is 1. The molecule has 94 valence electrons. The molecule has 0 saturated heterocycles. The van der Waals surface area contributed by atoms with Gasteiger partial charge in [0.15, 0.2) is 0 Å². The van der Waals surface area contributed by atoms with Gasteiger partial charge < -0.3 is 10.1 Å². The van der Waals surface area contributed by atoms with Gasteiger partial charge in [-0.1, -0.05) is 41.4 Å². The van der Waals surface area contributed by atoms with Crippen molar-refractivity contribution in [1.29, 1.82) is 0 Å². The highest BCUT2D eigenvalue weighted by molar-refractivity contribution is 9.10. The Hall–Kier alpha value is -1.03. The fourth-order valence-electron chi connectivity index (χ4n) is 1.36. The van der Waals surface area contributed by atoms with E-state index in [4.69, 9.17) is 4.74 Å². The molecule has 1 atom stereocenters. The highest BCUT2D eigenvalue weighted by Crippen LogP contribution is 2.16. The summed E-state index contributed by atoms with van der Waals surface area (Å²) in [7, 11) is 0. The molecule has 1 aromatic rings. The van der Waals surface area contributed by atoms with Crippen LogP contribution in [-0.2, 0) is 4.74 Å². The Balaban J connectivity index is 2.40. The topological polar surface area (TPSA) is 38.3 Å². The van der Waals surface area contributed by atoms with Crippen LogP contribution in [0.1, 0.15) is 38.3 Å². The number of hydrogen-bond acceptors (Lipinski definition) is 2. The Morgan fingerprint density at radius 1 is 1.41 bits per heavy atom. The minimum absolute atomic E-state index is 0.0442. The molecule has 0 heterocycles. The van der Waals surface area contributed by atoms with E-state index in [1.165, 1.54) is 0 Å². The number of nitrogens with one attached hydrogen (secondary N) is 1. The molecule has 1 N–H and O–H groups in total. The van der Waals surface area contributed by atoms with Crippen LogP contribution in [0.25, 0.3) is 0 Å². The highest BCUT2D eigenvalue weighted by Gasteiger charge is 2.09. The van der Waals surface area contributed by atoms with Crippen LogP contribution in [0.4, 0.5) is 4.79 Å². The molecule has 0 unspecified atom stereocenters.